The van der Waals surface area contributed by atoms with Crippen molar-refractivity contribution in [3.8, 4) is 11.1 Å². The number of pyridine rings is 1. The smallest absolute Gasteiger partial charge is 0.409 e. The molecular formula is C32H39N3O5. The van der Waals surface area contributed by atoms with Gasteiger partial charge in [0.05, 0.1) is 12.1 Å². The first kappa shape index (κ1) is 29.1. The van der Waals surface area contributed by atoms with Crippen molar-refractivity contribution < 1.29 is 24.2 Å². The van der Waals surface area contributed by atoms with Crippen molar-refractivity contribution >= 4 is 12.2 Å². The Kier molecular flexibility index (Phi) is 8.79. The van der Waals surface area contributed by atoms with Crippen LogP contribution in [0.15, 0.2) is 79.1 Å². The fraction of sp³-hybridized carbons (Fsp3) is 0.406. The monoisotopic (exact) mass is 545 g/mol. The molecule has 1 aliphatic rings. The number of benzene rings is 2. The zero-order valence-electron chi connectivity index (χ0n) is 23.8. The second kappa shape index (κ2) is 12.1. The predicted octanol–water partition coefficient (Wildman–Crippen LogP) is 6.30. The third-order valence-electron chi connectivity index (χ3n) is 6.96. The molecule has 3 atom stereocenters. The summed E-state index contributed by atoms with van der Waals surface area (Å²) in [6.45, 7) is 9.01. The molecule has 212 valence electrons. The second-order valence-corrected chi connectivity index (χ2v) is 11.7. The van der Waals surface area contributed by atoms with Gasteiger partial charge in [-0.2, -0.15) is 0 Å². The Hall–Kier alpha value is -3.91. The van der Waals surface area contributed by atoms with Gasteiger partial charge in [0.15, 0.2) is 0 Å². The molecule has 1 aliphatic heterocycles. The summed E-state index contributed by atoms with van der Waals surface area (Å²) in [5.74, 6) is 0. The van der Waals surface area contributed by atoms with E-state index in [-0.39, 0.29) is 6.04 Å². The van der Waals surface area contributed by atoms with E-state index in [9.17, 15) is 14.7 Å². The topological polar surface area (TPSA) is 101 Å². The van der Waals surface area contributed by atoms with Gasteiger partial charge in [-0.1, -0.05) is 54.6 Å². The maximum absolute atomic E-state index is 12.8. The molecule has 2 N–H and O–H groups in total. The zero-order chi connectivity index (χ0) is 28.9. The Balaban J connectivity index is 1.58. The highest BCUT2D eigenvalue weighted by molar-refractivity contribution is 5.68. The molecule has 1 fully saturated rings. The molecule has 2 aromatic carbocycles. The first-order valence-corrected chi connectivity index (χ1v) is 13.6. The predicted molar refractivity (Wildman–Crippen MR) is 154 cm³/mol. The van der Waals surface area contributed by atoms with Crippen molar-refractivity contribution in [2.75, 3.05) is 0 Å². The van der Waals surface area contributed by atoms with Crippen molar-refractivity contribution in [1.82, 2.24) is 15.2 Å². The first-order chi connectivity index (χ1) is 18.9. The van der Waals surface area contributed by atoms with Crippen molar-refractivity contribution in [2.24, 2.45) is 0 Å². The molecule has 4 rings (SSSR count). The molecule has 8 heteroatoms. The number of aromatic nitrogens is 1. The lowest BCUT2D eigenvalue weighted by atomic mass is 9.93. The Morgan fingerprint density at radius 2 is 1.62 bits per heavy atom. The molecule has 0 spiro atoms. The van der Waals surface area contributed by atoms with Crippen molar-refractivity contribution in [2.45, 2.75) is 83.4 Å². The summed E-state index contributed by atoms with van der Waals surface area (Å²) >= 11 is 0. The lowest BCUT2D eigenvalue weighted by Gasteiger charge is -2.31. The molecule has 1 saturated heterocycles. The average Bonchev–Trinajstić information content (AvgIpc) is 3.13. The maximum Gasteiger partial charge on any atom is 0.409 e. The SMILES string of the molecule is CC(C)(C)OC(=O)N[C@@H](Cc1ccccc1)C[C@@H]1OC(C)(C)N(C(=O)O)[C@H]1Cc1ccc(-c2ccncc2)cc1. The third-order valence-corrected chi connectivity index (χ3v) is 6.96. The average molecular weight is 546 g/mol. The van der Waals surface area contributed by atoms with E-state index in [1.807, 2.05) is 87.5 Å². The largest absolute Gasteiger partial charge is 0.465 e. The summed E-state index contributed by atoms with van der Waals surface area (Å²) in [7, 11) is 0. The normalized spacial score (nSPS) is 19.2. The Labute approximate surface area is 236 Å². The second-order valence-electron chi connectivity index (χ2n) is 11.7. The number of rotatable bonds is 8. The Bertz CT molecular complexity index is 1270. The fourth-order valence-corrected chi connectivity index (χ4v) is 5.34. The van der Waals surface area contributed by atoms with Crippen LogP contribution in [0.2, 0.25) is 0 Å². The number of hydrogen-bond acceptors (Lipinski definition) is 5. The number of nitrogens with one attached hydrogen (secondary N) is 1. The van der Waals surface area contributed by atoms with Gasteiger partial charge < -0.3 is 19.9 Å². The molecule has 2 amide bonds. The molecule has 0 radical (unpaired) electrons. The molecule has 1 aromatic heterocycles. The summed E-state index contributed by atoms with van der Waals surface area (Å²) in [5, 5.41) is 13.2. The van der Waals surface area contributed by atoms with E-state index in [4.69, 9.17) is 9.47 Å². The summed E-state index contributed by atoms with van der Waals surface area (Å²) in [6.07, 6.45) is 2.97. The van der Waals surface area contributed by atoms with Gasteiger partial charge in [0.1, 0.15) is 11.3 Å². The minimum absolute atomic E-state index is 0.330. The lowest BCUT2D eigenvalue weighted by Crippen LogP contribution is -2.49. The van der Waals surface area contributed by atoms with Crippen LogP contribution < -0.4 is 5.32 Å². The number of carbonyl (C=O) groups excluding carboxylic acids is 1. The van der Waals surface area contributed by atoms with Crippen LogP contribution in [0.4, 0.5) is 9.59 Å². The number of carboxylic acid groups (broad SMARTS) is 1. The van der Waals surface area contributed by atoms with E-state index < -0.39 is 35.7 Å². The van der Waals surface area contributed by atoms with Crippen LogP contribution in [0, 0.1) is 0 Å². The molecule has 0 aliphatic carbocycles. The van der Waals surface area contributed by atoms with Crippen molar-refractivity contribution in [1.29, 1.82) is 0 Å². The first-order valence-electron chi connectivity index (χ1n) is 13.6. The zero-order valence-corrected chi connectivity index (χ0v) is 23.8. The molecule has 0 saturated carbocycles. The number of ether oxygens (including phenoxy) is 2. The van der Waals surface area contributed by atoms with Crippen LogP contribution in [0.25, 0.3) is 11.1 Å². The molecule has 2 heterocycles. The van der Waals surface area contributed by atoms with Crippen molar-refractivity contribution in [3.05, 3.63) is 90.3 Å². The summed E-state index contributed by atoms with van der Waals surface area (Å²) in [6, 6.07) is 21.1. The van der Waals surface area contributed by atoms with Crippen molar-refractivity contribution in [3.63, 3.8) is 0 Å². The summed E-state index contributed by atoms with van der Waals surface area (Å²) in [4.78, 5) is 30.7. The van der Waals surface area contributed by atoms with Crippen LogP contribution in [-0.2, 0) is 22.3 Å². The number of amides is 2. The standard InChI is InChI=1S/C32H39N3O5/c1-31(2,3)40-29(36)34-26(19-22-9-7-6-8-10-22)21-28-27(35(30(37)38)32(4,5)39-28)20-23-11-13-24(14-12-23)25-15-17-33-18-16-25/h6-18,26-28H,19-21H2,1-5H3,(H,34,36)(H,37,38)/t26-,27-,28-/m0/s1. The molecular weight excluding hydrogens is 506 g/mol. The highest BCUT2D eigenvalue weighted by atomic mass is 16.6. The Morgan fingerprint density at radius 3 is 2.23 bits per heavy atom. The number of hydrogen-bond donors (Lipinski definition) is 2. The molecule has 0 bridgehead atoms. The molecule has 40 heavy (non-hydrogen) atoms. The summed E-state index contributed by atoms with van der Waals surface area (Å²) < 4.78 is 11.9. The van der Waals surface area contributed by atoms with Gasteiger partial charge in [0, 0.05) is 18.4 Å². The van der Waals surface area contributed by atoms with E-state index in [1.165, 1.54) is 4.90 Å². The van der Waals surface area contributed by atoms with Crippen LogP contribution in [-0.4, -0.2) is 56.7 Å². The van der Waals surface area contributed by atoms with E-state index >= 15 is 0 Å². The lowest BCUT2D eigenvalue weighted by molar-refractivity contribution is -0.0695. The quantitative estimate of drug-likeness (QED) is 0.344. The minimum Gasteiger partial charge on any atom is -0.465 e. The van der Waals surface area contributed by atoms with E-state index in [0.717, 1.165) is 22.3 Å². The van der Waals surface area contributed by atoms with Gasteiger partial charge in [0.2, 0.25) is 0 Å². The van der Waals surface area contributed by atoms with E-state index in [0.29, 0.717) is 19.3 Å². The van der Waals surface area contributed by atoms with Crippen LogP contribution in [0.5, 0.6) is 0 Å². The van der Waals surface area contributed by atoms with Crippen LogP contribution in [0.3, 0.4) is 0 Å². The van der Waals surface area contributed by atoms with Gasteiger partial charge in [-0.3, -0.25) is 9.88 Å². The van der Waals surface area contributed by atoms with E-state index in [1.54, 1.807) is 26.2 Å². The highest BCUT2D eigenvalue weighted by Gasteiger charge is 2.50. The molecule has 8 nitrogen and oxygen atoms in total. The Morgan fingerprint density at radius 1 is 1.00 bits per heavy atom. The van der Waals surface area contributed by atoms with Crippen LogP contribution in [0.1, 0.15) is 52.2 Å². The number of carbonyl (C=O) groups is 2. The highest BCUT2D eigenvalue weighted by Crippen LogP contribution is 2.36. The van der Waals surface area contributed by atoms with Gasteiger partial charge in [-0.25, -0.2) is 9.59 Å². The fourth-order valence-electron chi connectivity index (χ4n) is 5.34. The molecule has 3 aromatic rings. The molecule has 0 unspecified atom stereocenters. The van der Waals surface area contributed by atoms with Crippen LogP contribution >= 0.6 is 0 Å². The number of alkyl carbamates (subject to hydrolysis) is 1. The van der Waals surface area contributed by atoms with E-state index in [2.05, 4.69) is 10.3 Å². The van der Waals surface area contributed by atoms with Gasteiger partial charge >= 0.3 is 12.2 Å². The van der Waals surface area contributed by atoms with Gasteiger partial charge in [-0.15, -0.1) is 0 Å². The third kappa shape index (κ3) is 7.60. The minimum atomic E-state index is -1.04. The number of nitrogens with zero attached hydrogens (tertiary/aromatic N) is 2. The van der Waals surface area contributed by atoms with Gasteiger partial charge in [-0.05, 0) is 88.3 Å². The maximum atomic E-state index is 12.8. The van der Waals surface area contributed by atoms with Gasteiger partial charge in [0.25, 0.3) is 0 Å². The summed E-state index contributed by atoms with van der Waals surface area (Å²) in [5.41, 5.74) is 2.51.